The molecule has 8 heteroatoms. The van der Waals surface area contributed by atoms with Gasteiger partial charge < -0.3 is 19.9 Å². The molecule has 1 unspecified atom stereocenters. The number of nitrogens with one attached hydrogen (secondary N) is 1. The van der Waals surface area contributed by atoms with Crippen LogP contribution in [0.25, 0.3) is 0 Å². The smallest absolute Gasteiger partial charge is 0.264 e. The van der Waals surface area contributed by atoms with Crippen molar-refractivity contribution in [3.63, 3.8) is 0 Å². The number of thiophene rings is 1. The molecule has 1 atom stereocenters. The number of ether oxygens (including phenoxy) is 1. The second-order valence-corrected chi connectivity index (χ2v) is 7.83. The summed E-state index contributed by atoms with van der Waals surface area (Å²) in [6.07, 6.45) is 0.171. The molecule has 29 heavy (non-hydrogen) atoms. The SMILES string of the molecule is COc1ccc(C(CC(=O)N2CCN(C(=O)c3cccs3)CC2)NC(C)=O)cc1. The molecule has 1 aliphatic heterocycles. The van der Waals surface area contributed by atoms with Crippen LogP contribution < -0.4 is 10.1 Å². The van der Waals surface area contributed by atoms with E-state index in [0.717, 1.165) is 10.4 Å². The van der Waals surface area contributed by atoms with E-state index in [0.29, 0.717) is 31.9 Å². The van der Waals surface area contributed by atoms with E-state index in [1.807, 2.05) is 41.8 Å². The molecular formula is C21H25N3O4S. The van der Waals surface area contributed by atoms with Crippen molar-refractivity contribution in [3.8, 4) is 5.75 Å². The van der Waals surface area contributed by atoms with Crippen LogP contribution in [0.1, 0.15) is 34.6 Å². The second-order valence-electron chi connectivity index (χ2n) is 6.88. The zero-order chi connectivity index (χ0) is 20.8. The summed E-state index contributed by atoms with van der Waals surface area (Å²) in [4.78, 5) is 41.2. The van der Waals surface area contributed by atoms with Gasteiger partial charge in [0, 0.05) is 33.1 Å². The predicted octanol–water partition coefficient (Wildman–Crippen LogP) is 2.31. The lowest BCUT2D eigenvalue weighted by atomic mass is 10.0. The number of methoxy groups -OCH3 is 1. The van der Waals surface area contributed by atoms with E-state index in [9.17, 15) is 14.4 Å². The van der Waals surface area contributed by atoms with E-state index in [1.165, 1.54) is 18.3 Å². The Bertz CT molecular complexity index is 843. The number of rotatable bonds is 6. The molecule has 7 nitrogen and oxygen atoms in total. The Balaban J connectivity index is 1.59. The quantitative estimate of drug-likeness (QED) is 0.785. The summed E-state index contributed by atoms with van der Waals surface area (Å²) >= 11 is 1.43. The van der Waals surface area contributed by atoms with Crippen molar-refractivity contribution in [2.24, 2.45) is 0 Å². The first-order chi connectivity index (χ1) is 14.0. The van der Waals surface area contributed by atoms with Crippen molar-refractivity contribution in [3.05, 3.63) is 52.2 Å². The Morgan fingerprint density at radius 3 is 2.28 bits per heavy atom. The van der Waals surface area contributed by atoms with Crippen LogP contribution in [0.3, 0.4) is 0 Å². The number of carbonyl (C=O) groups excluding carboxylic acids is 3. The first kappa shape index (κ1) is 20.9. The third kappa shape index (κ3) is 5.35. The third-order valence-electron chi connectivity index (χ3n) is 4.93. The molecule has 1 saturated heterocycles. The summed E-state index contributed by atoms with van der Waals surface area (Å²) < 4.78 is 5.17. The third-order valence-corrected chi connectivity index (χ3v) is 5.78. The lowest BCUT2D eigenvalue weighted by molar-refractivity contribution is -0.133. The van der Waals surface area contributed by atoms with Crippen LogP contribution in [0.15, 0.2) is 41.8 Å². The molecular weight excluding hydrogens is 390 g/mol. The van der Waals surface area contributed by atoms with Crippen LogP contribution in [0.4, 0.5) is 0 Å². The zero-order valence-corrected chi connectivity index (χ0v) is 17.4. The fraction of sp³-hybridized carbons (Fsp3) is 0.381. The van der Waals surface area contributed by atoms with Crippen molar-refractivity contribution in [2.75, 3.05) is 33.3 Å². The molecule has 2 aromatic rings. The molecule has 1 fully saturated rings. The number of hydrogen-bond donors (Lipinski definition) is 1. The van der Waals surface area contributed by atoms with Crippen LogP contribution in [-0.4, -0.2) is 60.8 Å². The number of nitrogens with zero attached hydrogens (tertiary/aromatic N) is 2. The predicted molar refractivity (Wildman–Crippen MR) is 111 cm³/mol. The molecule has 0 radical (unpaired) electrons. The lowest BCUT2D eigenvalue weighted by Crippen LogP contribution is -2.51. The van der Waals surface area contributed by atoms with Crippen molar-refractivity contribution < 1.29 is 19.1 Å². The van der Waals surface area contributed by atoms with Crippen LogP contribution in [0, 0.1) is 0 Å². The van der Waals surface area contributed by atoms with Gasteiger partial charge in [-0.25, -0.2) is 0 Å². The van der Waals surface area contributed by atoms with Gasteiger partial charge in [0.2, 0.25) is 11.8 Å². The van der Waals surface area contributed by atoms with Gasteiger partial charge in [0.1, 0.15) is 5.75 Å². The van der Waals surface area contributed by atoms with Crippen LogP contribution in [0.5, 0.6) is 5.75 Å². The molecule has 1 aromatic carbocycles. The summed E-state index contributed by atoms with van der Waals surface area (Å²) in [7, 11) is 1.59. The van der Waals surface area contributed by atoms with E-state index < -0.39 is 6.04 Å². The zero-order valence-electron chi connectivity index (χ0n) is 16.6. The van der Waals surface area contributed by atoms with Gasteiger partial charge in [-0.3, -0.25) is 14.4 Å². The van der Waals surface area contributed by atoms with Gasteiger partial charge in [0.25, 0.3) is 5.91 Å². The summed E-state index contributed by atoms with van der Waals surface area (Å²) in [5.41, 5.74) is 0.848. The van der Waals surface area contributed by atoms with Gasteiger partial charge in [-0.2, -0.15) is 0 Å². The minimum Gasteiger partial charge on any atom is -0.497 e. The first-order valence-corrected chi connectivity index (χ1v) is 10.4. The van der Waals surface area contributed by atoms with Gasteiger partial charge in [-0.1, -0.05) is 18.2 Å². The summed E-state index contributed by atoms with van der Waals surface area (Å²) in [6, 6.07) is 10.6. The van der Waals surface area contributed by atoms with Gasteiger partial charge in [-0.05, 0) is 29.1 Å². The maximum absolute atomic E-state index is 12.8. The highest BCUT2D eigenvalue weighted by atomic mass is 32.1. The van der Waals surface area contributed by atoms with Gasteiger partial charge in [0.15, 0.2) is 0 Å². The van der Waals surface area contributed by atoms with Crippen LogP contribution in [-0.2, 0) is 9.59 Å². The minimum absolute atomic E-state index is 0.0152. The fourth-order valence-corrected chi connectivity index (χ4v) is 4.04. The second kappa shape index (κ2) is 9.56. The molecule has 0 saturated carbocycles. The molecule has 2 heterocycles. The van der Waals surface area contributed by atoms with Crippen molar-refractivity contribution in [1.29, 1.82) is 0 Å². The Morgan fingerprint density at radius 2 is 1.72 bits per heavy atom. The van der Waals surface area contributed by atoms with E-state index in [4.69, 9.17) is 4.74 Å². The highest BCUT2D eigenvalue weighted by molar-refractivity contribution is 7.12. The minimum atomic E-state index is -0.406. The Kier molecular flexibility index (Phi) is 6.87. The standard InChI is InChI=1S/C21H25N3O4S/c1-15(25)22-18(16-5-7-17(28-2)8-6-16)14-20(26)23-9-11-24(12-10-23)21(27)19-4-3-13-29-19/h3-8,13,18H,9-12,14H2,1-2H3,(H,22,25). The molecule has 3 rings (SSSR count). The number of piperazine rings is 1. The highest BCUT2D eigenvalue weighted by Crippen LogP contribution is 2.22. The molecule has 1 aromatic heterocycles. The largest absolute Gasteiger partial charge is 0.497 e. The van der Waals surface area contributed by atoms with E-state index in [1.54, 1.807) is 16.9 Å². The number of carbonyl (C=O) groups is 3. The van der Waals surface area contributed by atoms with Crippen LogP contribution in [0.2, 0.25) is 0 Å². The monoisotopic (exact) mass is 415 g/mol. The van der Waals surface area contributed by atoms with Gasteiger partial charge in [-0.15, -0.1) is 11.3 Å². The molecule has 154 valence electrons. The van der Waals surface area contributed by atoms with E-state index in [-0.39, 0.29) is 24.1 Å². The van der Waals surface area contributed by atoms with E-state index >= 15 is 0 Å². The maximum Gasteiger partial charge on any atom is 0.264 e. The van der Waals surface area contributed by atoms with Crippen molar-refractivity contribution in [2.45, 2.75) is 19.4 Å². The molecule has 0 spiro atoms. The molecule has 1 N–H and O–H groups in total. The number of hydrogen-bond acceptors (Lipinski definition) is 5. The molecule has 1 aliphatic rings. The molecule has 0 aliphatic carbocycles. The fourth-order valence-electron chi connectivity index (χ4n) is 3.35. The summed E-state index contributed by atoms with van der Waals surface area (Å²) in [6.45, 7) is 3.44. The topological polar surface area (TPSA) is 79.0 Å². The first-order valence-electron chi connectivity index (χ1n) is 9.49. The Labute approximate surface area is 174 Å². The van der Waals surface area contributed by atoms with Gasteiger partial charge in [0.05, 0.1) is 24.4 Å². The van der Waals surface area contributed by atoms with Crippen molar-refractivity contribution in [1.82, 2.24) is 15.1 Å². The number of amides is 3. The van der Waals surface area contributed by atoms with Crippen molar-refractivity contribution >= 4 is 29.1 Å². The Morgan fingerprint density at radius 1 is 1.07 bits per heavy atom. The lowest BCUT2D eigenvalue weighted by Gasteiger charge is -2.35. The van der Waals surface area contributed by atoms with Gasteiger partial charge >= 0.3 is 0 Å². The summed E-state index contributed by atoms with van der Waals surface area (Å²) in [5.74, 6) is 0.502. The maximum atomic E-state index is 12.8. The Hall–Kier alpha value is -2.87. The normalized spacial score (nSPS) is 15.0. The van der Waals surface area contributed by atoms with E-state index in [2.05, 4.69) is 5.32 Å². The molecule has 3 amide bonds. The average molecular weight is 416 g/mol. The highest BCUT2D eigenvalue weighted by Gasteiger charge is 2.27. The van der Waals surface area contributed by atoms with Crippen LogP contribution >= 0.6 is 11.3 Å². The number of benzene rings is 1. The summed E-state index contributed by atoms with van der Waals surface area (Å²) in [5, 5.41) is 4.74. The average Bonchev–Trinajstić information content (AvgIpc) is 3.27. The molecule has 0 bridgehead atoms.